The maximum absolute atomic E-state index is 11.1. The number of fused-ring (bicyclic) bond motifs is 1. The van der Waals surface area contributed by atoms with Crippen molar-refractivity contribution in [1.82, 2.24) is 20.1 Å². The lowest BCUT2D eigenvalue weighted by atomic mass is 9.97. The number of aryl methyl sites for hydroxylation is 1. The monoisotopic (exact) mass is 285 g/mol. The number of pyridine rings is 1. The number of nitrogens with zero attached hydrogens (tertiary/aromatic N) is 3. The molecule has 0 saturated carbocycles. The number of hydrogen-bond acceptors (Lipinski definition) is 4. The molecule has 0 radical (unpaired) electrons. The van der Waals surface area contributed by atoms with Gasteiger partial charge in [0, 0.05) is 36.6 Å². The second-order valence-electron chi connectivity index (χ2n) is 5.49. The number of rotatable bonds is 3. The lowest BCUT2D eigenvalue weighted by Gasteiger charge is -2.19. The Morgan fingerprint density at radius 3 is 3.10 bits per heavy atom. The van der Waals surface area contributed by atoms with E-state index in [-0.39, 0.29) is 18.4 Å². The fraction of sp³-hybridized carbons (Fsp3) is 0.400. The van der Waals surface area contributed by atoms with Crippen LogP contribution in [0.25, 0.3) is 11.3 Å². The smallest absolute Gasteiger partial charge is 0.221 e. The highest BCUT2D eigenvalue weighted by molar-refractivity contribution is 5.77. The van der Waals surface area contributed by atoms with Gasteiger partial charge in [0.2, 0.25) is 5.91 Å². The van der Waals surface area contributed by atoms with Crippen LogP contribution >= 0.6 is 0 Å². The van der Waals surface area contributed by atoms with E-state index in [4.69, 9.17) is 5.73 Å². The van der Waals surface area contributed by atoms with Crippen molar-refractivity contribution < 1.29 is 4.79 Å². The minimum absolute atomic E-state index is 0.207. The number of aromatic nitrogens is 3. The topological polar surface area (TPSA) is 85.8 Å². The van der Waals surface area contributed by atoms with Crippen molar-refractivity contribution in [3.8, 4) is 11.3 Å². The lowest BCUT2D eigenvalue weighted by molar-refractivity contribution is -0.117. The number of carbonyl (C=O) groups excluding carboxylic acids is 1. The second kappa shape index (κ2) is 5.29. The van der Waals surface area contributed by atoms with Crippen molar-refractivity contribution in [2.45, 2.75) is 25.8 Å². The largest absolute Gasteiger partial charge is 0.369 e. The summed E-state index contributed by atoms with van der Waals surface area (Å²) in [5, 5.41) is 8.05. The van der Waals surface area contributed by atoms with Gasteiger partial charge in [-0.05, 0) is 31.5 Å². The molecule has 1 aliphatic heterocycles. The number of nitrogens with one attached hydrogen (secondary N) is 1. The van der Waals surface area contributed by atoms with E-state index in [9.17, 15) is 4.79 Å². The minimum atomic E-state index is -0.348. The lowest BCUT2D eigenvalue weighted by Crippen LogP contribution is -2.27. The number of carbonyl (C=O) groups is 1. The summed E-state index contributed by atoms with van der Waals surface area (Å²) in [6, 6.07) is 2.23. The van der Waals surface area contributed by atoms with E-state index < -0.39 is 0 Å². The summed E-state index contributed by atoms with van der Waals surface area (Å²) in [6.07, 6.45) is 4.65. The minimum Gasteiger partial charge on any atom is -0.369 e. The van der Waals surface area contributed by atoms with E-state index >= 15 is 0 Å². The van der Waals surface area contributed by atoms with Gasteiger partial charge in [-0.15, -0.1) is 0 Å². The van der Waals surface area contributed by atoms with E-state index in [1.807, 2.05) is 24.0 Å². The Kier molecular flexibility index (Phi) is 3.47. The standard InChI is InChI=1S/C15H19N5O/c1-9-14-12(3-4-18-9)15(20(2)19-14)11-5-10(6-13(16)21)7-17-8-11/h5,7-9,18H,3-4,6H2,1-2H3,(H2,16,21). The van der Waals surface area contributed by atoms with Crippen LogP contribution in [0.4, 0.5) is 0 Å². The first kappa shape index (κ1) is 13.8. The van der Waals surface area contributed by atoms with Crippen LogP contribution in [0.15, 0.2) is 18.5 Å². The summed E-state index contributed by atoms with van der Waals surface area (Å²) in [5.74, 6) is -0.348. The van der Waals surface area contributed by atoms with Gasteiger partial charge in [-0.3, -0.25) is 14.5 Å². The van der Waals surface area contributed by atoms with Gasteiger partial charge in [-0.2, -0.15) is 5.10 Å². The van der Waals surface area contributed by atoms with Crippen LogP contribution in [0.2, 0.25) is 0 Å². The Bertz CT molecular complexity index is 691. The molecular weight excluding hydrogens is 266 g/mol. The summed E-state index contributed by atoms with van der Waals surface area (Å²) in [6.45, 7) is 3.07. The average Bonchev–Trinajstić information content (AvgIpc) is 2.76. The Morgan fingerprint density at radius 1 is 1.52 bits per heavy atom. The molecule has 21 heavy (non-hydrogen) atoms. The van der Waals surface area contributed by atoms with Gasteiger partial charge in [-0.25, -0.2) is 0 Å². The molecule has 0 fully saturated rings. The molecule has 3 N–H and O–H groups in total. The summed E-state index contributed by atoms with van der Waals surface area (Å²) in [5.41, 5.74) is 10.5. The van der Waals surface area contributed by atoms with Gasteiger partial charge in [-0.1, -0.05) is 0 Å². The normalized spacial score (nSPS) is 17.5. The first-order valence-corrected chi connectivity index (χ1v) is 7.08. The third kappa shape index (κ3) is 2.54. The quantitative estimate of drug-likeness (QED) is 0.870. The van der Waals surface area contributed by atoms with Crippen molar-refractivity contribution in [3.05, 3.63) is 35.3 Å². The van der Waals surface area contributed by atoms with Crippen molar-refractivity contribution >= 4 is 5.91 Å². The van der Waals surface area contributed by atoms with Crippen molar-refractivity contribution in [2.24, 2.45) is 12.8 Å². The maximum Gasteiger partial charge on any atom is 0.221 e. The van der Waals surface area contributed by atoms with Crippen LogP contribution in [-0.2, 0) is 24.7 Å². The number of nitrogens with two attached hydrogens (primary N) is 1. The van der Waals surface area contributed by atoms with Crippen LogP contribution in [0.1, 0.15) is 29.8 Å². The highest BCUT2D eigenvalue weighted by Gasteiger charge is 2.24. The molecule has 0 spiro atoms. The van der Waals surface area contributed by atoms with Crippen LogP contribution in [0.3, 0.4) is 0 Å². The van der Waals surface area contributed by atoms with Crippen LogP contribution < -0.4 is 11.1 Å². The molecule has 1 atom stereocenters. The first-order valence-electron chi connectivity index (χ1n) is 7.08. The third-order valence-corrected chi connectivity index (χ3v) is 3.86. The van der Waals surface area contributed by atoms with E-state index in [0.29, 0.717) is 0 Å². The number of hydrogen-bond donors (Lipinski definition) is 2. The second-order valence-corrected chi connectivity index (χ2v) is 5.49. The summed E-state index contributed by atoms with van der Waals surface area (Å²) in [7, 11) is 1.95. The molecule has 0 aliphatic carbocycles. The summed E-state index contributed by atoms with van der Waals surface area (Å²) < 4.78 is 1.90. The molecule has 110 valence electrons. The highest BCUT2D eigenvalue weighted by Crippen LogP contribution is 2.31. The summed E-state index contributed by atoms with van der Waals surface area (Å²) in [4.78, 5) is 15.3. The van der Waals surface area contributed by atoms with Crippen LogP contribution in [-0.4, -0.2) is 27.2 Å². The SMILES string of the molecule is CC1NCCc2c1nn(C)c2-c1cncc(CC(N)=O)c1. The molecule has 1 amide bonds. The van der Waals surface area contributed by atoms with E-state index in [2.05, 4.69) is 22.3 Å². The van der Waals surface area contributed by atoms with Gasteiger partial charge in [0.05, 0.1) is 17.8 Å². The van der Waals surface area contributed by atoms with Gasteiger partial charge in [0.15, 0.2) is 0 Å². The Hall–Kier alpha value is -2.21. The molecule has 0 bridgehead atoms. The molecule has 0 aromatic carbocycles. The predicted octanol–water partition coefficient (Wildman–Crippen LogP) is 0.717. The van der Waals surface area contributed by atoms with Crippen molar-refractivity contribution in [2.75, 3.05) is 6.54 Å². The van der Waals surface area contributed by atoms with Gasteiger partial charge in [0.25, 0.3) is 0 Å². The fourth-order valence-electron chi connectivity index (χ4n) is 2.97. The molecule has 0 saturated heterocycles. The molecule has 3 heterocycles. The molecule has 6 nitrogen and oxygen atoms in total. The van der Waals surface area contributed by atoms with Crippen LogP contribution in [0.5, 0.6) is 0 Å². The zero-order valence-electron chi connectivity index (χ0n) is 12.3. The molecule has 3 rings (SSSR count). The first-order chi connectivity index (χ1) is 10.1. The Morgan fingerprint density at radius 2 is 2.33 bits per heavy atom. The van der Waals surface area contributed by atoms with E-state index in [1.165, 1.54) is 5.56 Å². The van der Waals surface area contributed by atoms with Gasteiger partial charge in [0.1, 0.15) is 0 Å². The fourth-order valence-corrected chi connectivity index (χ4v) is 2.97. The maximum atomic E-state index is 11.1. The van der Waals surface area contributed by atoms with E-state index in [1.54, 1.807) is 6.20 Å². The average molecular weight is 285 g/mol. The van der Waals surface area contributed by atoms with Crippen molar-refractivity contribution in [3.63, 3.8) is 0 Å². The van der Waals surface area contributed by atoms with E-state index in [0.717, 1.165) is 35.5 Å². The Balaban J connectivity index is 2.07. The number of primary amides is 1. The van der Waals surface area contributed by atoms with Crippen LogP contribution in [0, 0.1) is 0 Å². The van der Waals surface area contributed by atoms with Crippen molar-refractivity contribution in [1.29, 1.82) is 0 Å². The molecule has 2 aromatic rings. The molecule has 2 aromatic heterocycles. The molecular formula is C15H19N5O. The molecule has 1 unspecified atom stereocenters. The zero-order chi connectivity index (χ0) is 15.0. The Labute approximate surface area is 123 Å². The van der Waals surface area contributed by atoms with Gasteiger partial charge < -0.3 is 11.1 Å². The van der Waals surface area contributed by atoms with Gasteiger partial charge >= 0.3 is 0 Å². The molecule has 1 aliphatic rings. The zero-order valence-corrected chi connectivity index (χ0v) is 12.3. The predicted molar refractivity (Wildman–Crippen MR) is 79.5 cm³/mol. The molecule has 6 heteroatoms. The highest BCUT2D eigenvalue weighted by atomic mass is 16.1. The third-order valence-electron chi connectivity index (χ3n) is 3.86. The number of amides is 1. The summed E-state index contributed by atoms with van der Waals surface area (Å²) >= 11 is 0.